The second kappa shape index (κ2) is 6.48. The highest BCUT2D eigenvalue weighted by Gasteiger charge is 2.05. The van der Waals surface area contributed by atoms with Crippen molar-refractivity contribution in [1.82, 2.24) is 0 Å². The van der Waals surface area contributed by atoms with Crippen LogP contribution in [0.4, 0.5) is 5.69 Å². The Balaban J connectivity index is 2.72. The van der Waals surface area contributed by atoms with E-state index < -0.39 is 0 Å². The van der Waals surface area contributed by atoms with Crippen molar-refractivity contribution in [3.63, 3.8) is 0 Å². The average Bonchev–Trinajstić information content (AvgIpc) is 2.28. The molecule has 86 valence electrons. The number of anilines is 1. The Kier molecular flexibility index (Phi) is 5.26. The summed E-state index contributed by atoms with van der Waals surface area (Å²) < 4.78 is 1.04. The molecule has 0 fully saturated rings. The molecule has 1 aromatic rings. The fourth-order valence-electron chi connectivity index (χ4n) is 1.42. The number of amides is 1. The number of hydrogen-bond donors (Lipinski definition) is 1. The van der Waals surface area contributed by atoms with E-state index in [1.165, 1.54) is 0 Å². The van der Waals surface area contributed by atoms with E-state index in [2.05, 4.69) is 34.7 Å². The van der Waals surface area contributed by atoms with E-state index in [0.717, 1.165) is 22.1 Å². The zero-order chi connectivity index (χ0) is 12.0. The highest BCUT2D eigenvalue weighted by Crippen LogP contribution is 2.21. The number of halogens is 1. The van der Waals surface area contributed by atoms with Gasteiger partial charge in [0.15, 0.2) is 0 Å². The van der Waals surface area contributed by atoms with Crippen molar-refractivity contribution in [3.05, 3.63) is 40.9 Å². The summed E-state index contributed by atoms with van der Waals surface area (Å²) in [5.41, 5.74) is 2.04. The average molecular weight is 282 g/mol. The Morgan fingerprint density at radius 1 is 1.56 bits per heavy atom. The zero-order valence-electron chi connectivity index (χ0n) is 9.42. The topological polar surface area (TPSA) is 29.1 Å². The fourth-order valence-corrected chi connectivity index (χ4v) is 1.83. The molecule has 0 heterocycles. The minimum absolute atomic E-state index is 0.0388. The predicted molar refractivity (Wildman–Crippen MR) is 71.6 cm³/mol. The smallest absolute Gasteiger partial charge is 0.224 e. The summed E-state index contributed by atoms with van der Waals surface area (Å²) in [4.78, 5) is 11.6. The SMILES string of the molecule is C=CCCC(=O)Nc1ccc(Br)cc1CC. The lowest BCUT2D eigenvalue weighted by Crippen LogP contribution is -2.12. The van der Waals surface area contributed by atoms with E-state index in [1.54, 1.807) is 6.08 Å². The molecule has 0 aliphatic rings. The van der Waals surface area contributed by atoms with Crippen LogP contribution in [0.3, 0.4) is 0 Å². The van der Waals surface area contributed by atoms with Crippen molar-refractivity contribution >= 4 is 27.5 Å². The molecule has 0 unspecified atom stereocenters. The third-order valence-corrected chi connectivity index (χ3v) is 2.79. The molecule has 2 nitrogen and oxygen atoms in total. The normalized spacial score (nSPS) is 9.88. The minimum atomic E-state index is 0.0388. The molecular formula is C13H16BrNO. The maximum atomic E-state index is 11.6. The minimum Gasteiger partial charge on any atom is -0.326 e. The van der Waals surface area contributed by atoms with Crippen LogP contribution in [0.5, 0.6) is 0 Å². The lowest BCUT2D eigenvalue weighted by atomic mass is 10.1. The van der Waals surface area contributed by atoms with Gasteiger partial charge in [0.1, 0.15) is 0 Å². The highest BCUT2D eigenvalue weighted by molar-refractivity contribution is 9.10. The lowest BCUT2D eigenvalue weighted by Gasteiger charge is -2.09. The molecule has 0 saturated heterocycles. The maximum Gasteiger partial charge on any atom is 0.224 e. The first-order valence-corrected chi connectivity index (χ1v) is 6.15. The monoisotopic (exact) mass is 281 g/mol. The van der Waals surface area contributed by atoms with Gasteiger partial charge in [0.05, 0.1) is 0 Å². The molecule has 1 rings (SSSR count). The van der Waals surface area contributed by atoms with E-state index in [1.807, 2.05) is 18.2 Å². The summed E-state index contributed by atoms with van der Waals surface area (Å²) in [5, 5.41) is 2.92. The van der Waals surface area contributed by atoms with E-state index in [-0.39, 0.29) is 5.91 Å². The quantitative estimate of drug-likeness (QED) is 0.815. The molecule has 0 aliphatic carbocycles. The van der Waals surface area contributed by atoms with Gasteiger partial charge in [0, 0.05) is 16.6 Å². The van der Waals surface area contributed by atoms with Gasteiger partial charge in [0.2, 0.25) is 5.91 Å². The molecule has 0 bridgehead atoms. The van der Waals surface area contributed by atoms with E-state index >= 15 is 0 Å². The Labute approximate surface area is 105 Å². The second-order valence-electron chi connectivity index (χ2n) is 3.53. The van der Waals surface area contributed by atoms with E-state index in [0.29, 0.717) is 12.8 Å². The van der Waals surface area contributed by atoms with Crippen LogP contribution in [-0.2, 0) is 11.2 Å². The van der Waals surface area contributed by atoms with Gasteiger partial charge in [-0.3, -0.25) is 4.79 Å². The number of carbonyl (C=O) groups excluding carboxylic acids is 1. The van der Waals surface area contributed by atoms with Crippen molar-refractivity contribution in [2.45, 2.75) is 26.2 Å². The molecule has 0 aliphatic heterocycles. The summed E-state index contributed by atoms with van der Waals surface area (Å²) in [7, 11) is 0. The highest BCUT2D eigenvalue weighted by atomic mass is 79.9. The van der Waals surface area contributed by atoms with Crippen molar-refractivity contribution in [1.29, 1.82) is 0 Å². The first-order valence-electron chi connectivity index (χ1n) is 5.36. The predicted octanol–water partition coefficient (Wildman–Crippen LogP) is 3.92. The van der Waals surface area contributed by atoms with E-state index in [9.17, 15) is 4.79 Å². The Morgan fingerprint density at radius 3 is 2.94 bits per heavy atom. The molecule has 16 heavy (non-hydrogen) atoms. The molecule has 1 N–H and O–H groups in total. The van der Waals surface area contributed by atoms with Gasteiger partial charge >= 0.3 is 0 Å². The molecule has 0 radical (unpaired) electrons. The van der Waals surface area contributed by atoms with Gasteiger partial charge in [0.25, 0.3) is 0 Å². The number of rotatable bonds is 5. The third-order valence-electron chi connectivity index (χ3n) is 2.30. The van der Waals surface area contributed by atoms with Crippen LogP contribution in [0.15, 0.2) is 35.3 Å². The standard InChI is InChI=1S/C13H16BrNO/c1-3-5-6-13(16)15-12-8-7-11(14)9-10(12)4-2/h3,7-9H,1,4-6H2,2H3,(H,15,16). The molecule has 1 amide bonds. The Morgan fingerprint density at radius 2 is 2.31 bits per heavy atom. The number of benzene rings is 1. The number of carbonyl (C=O) groups is 1. The van der Waals surface area contributed by atoms with Crippen molar-refractivity contribution < 1.29 is 4.79 Å². The first-order chi connectivity index (χ1) is 7.67. The molecule has 3 heteroatoms. The molecular weight excluding hydrogens is 266 g/mol. The molecule has 0 spiro atoms. The van der Waals surface area contributed by atoms with Gasteiger partial charge in [-0.2, -0.15) is 0 Å². The van der Waals surface area contributed by atoms with E-state index in [4.69, 9.17) is 0 Å². The largest absolute Gasteiger partial charge is 0.326 e. The van der Waals surface area contributed by atoms with Gasteiger partial charge in [-0.05, 0) is 36.6 Å². The summed E-state index contributed by atoms with van der Waals surface area (Å²) in [6.07, 6.45) is 3.85. The maximum absolute atomic E-state index is 11.6. The van der Waals surface area contributed by atoms with Crippen molar-refractivity contribution in [2.75, 3.05) is 5.32 Å². The van der Waals surface area contributed by atoms with Crippen LogP contribution in [0.1, 0.15) is 25.3 Å². The molecule has 0 atom stereocenters. The van der Waals surface area contributed by atoms with Crippen LogP contribution in [0.25, 0.3) is 0 Å². The lowest BCUT2D eigenvalue weighted by molar-refractivity contribution is -0.116. The van der Waals surface area contributed by atoms with Gasteiger partial charge in [-0.1, -0.05) is 28.9 Å². The summed E-state index contributed by atoms with van der Waals surface area (Å²) in [6, 6.07) is 5.89. The van der Waals surface area contributed by atoms with Gasteiger partial charge < -0.3 is 5.32 Å². The van der Waals surface area contributed by atoms with Crippen molar-refractivity contribution in [3.8, 4) is 0 Å². The first kappa shape index (κ1) is 13.0. The molecule has 1 aromatic carbocycles. The second-order valence-corrected chi connectivity index (χ2v) is 4.45. The zero-order valence-corrected chi connectivity index (χ0v) is 11.0. The Bertz CT molecular complexity index is 388. The number of hydrogen-bond acceptors (Lipinski definition) is 1. The third kappa shape index (κ3) is 3.81. The van der Waals surface area contributed by atoms with Crippen LogP contribution >= 0.6 is 15.9 Å². The van der Waals surface area contributed by atoms with Crippen LogP contribution in [-0.4, -0.2) is 5.91 Å². The molecule has 0 saturated carbocycles. The summed E-state index contributed by atoms with van der Waals surface area (Å²) >= 11 is 3.42. The fraction of sp³-hybridized carbons (Fsp3) is 0.308. The molecule has 0 aromatic heterocycles. The van der Waals surface area contributed by atoms with Gasteiger partial charge in [-0.25, -0.2) is 0 Å². The summed E-state index contributed by atoms with van der Waals surface area (Å²) in [5.74, 6) is 0.0388. The van der Waals surface area contributed by atoms with Crippen LogP contribution < -0.4 is 5.32 Å². The number of aryl methyl sites for hydroxylation is 1. The number of nitrogens with one attached hydrogen (secondary N) is 1. The van der Waals surface area contributed by atoms with Gasteiger partial charge in [-0.15, -0.1) is 6.58 Å². The Hall–Kier alpha value is -1.09. The summed E-state index contributed by atoms with van der Waals surface area (Å²) in [6.45, 7) is 5.67. The number of allylic oxidation sites excluding steroid dienone is 1. The van der Waals surface area contributed by atoms with Crippen molar-refractivity contribution in [2.24, 2.45) is 0 Å². The van der Waals surface area contributed by atoms with Crippen LogP contribution in [0, 0.1) is 0 Å². The van der Waals surface area contributed by atoms with Crippen LogP contribution in [0.2, 0.25) is 0 Å².